The minimum atomic E-state index is 0.0381. The van der Waals surface area contributed by atoms with Crippen LogP contribution in [0.25, 0.3) is 12.2 Å². The van der Waals surface area contributed by atoms with E-state index in [2.05, 4.69) is 17.5 Å². The van der Waals surface area contributed by atoms with Crippen molar-refractivity contribution in [1.82, 2.24) is 5.32 Å². The van der Waals surface area contributed by atoms with Crippen LogP contribution in [-0.2, 0) is 4.79 Å². The van der Waals surface area contributed by atoms with Crippen LogP contribution in [0.15, 0.2) is 48.5 Å². The lowest BCUT2D eigenvalue weighted by Crippen LogP contribution is -2.34. The number of anilines is 2. The summed E-state index contributed by atoms with van der Waals surface area (Å²) in [5.41, 5.74) is 3.95. The molecule has 1 aliphatic heterocycles. The molecule has 0 unspecified atom stereocenters. The molecule has 1 aliphatic rings. The van der Waals surface area contributed by atoms with Gasteiger partial charge in [-0.25, -0.2) is 0 Å². The third kappa shape index (κ3) is 2.12. The fourth-order valence-electron chi connectivity index (χ4n) is 2.47. The van der Waals surface area contributed by atoms with Gasteiger partial charge in [0, 0.05) is 0 Å². The van der Waals surface area contributed by atoms with Crippen molar-refractivity contribution in [2.24, 2.45) is 0 Å². The first-order chi connectivity index (χ1) is 9.81. The Hall–Kier alpha value is -2.39. The molecule has 0 atom stereocenters. The third-order valence-electron chi connectivity index (χ3n) is 3.38. The minimum Gasteiger partial charge on any atom is -0.311 e. The van der Waals surface area contributed by atoms with Gasteiger partial charge in [-0.15, -0.1) is 0 Å². The standard InChI is InChI=1S/C17H16N2O/c1-18-12-17(20)19-15-8-4-2-6-13(15)10-11-14-7-3-5-9-16(14)19/h2-11,18H,12H2,1H3. The summed E-state index contributed by atoms with van der Waals surface area (Å²) >= 11 is 0. The smallest absolute Gasteiger partial charge is 0.245 e. The van der Waals surface area contributed by atoms with Crippen molar-refractivity contribution in [3.8, 4) is 0 Å². The maximum atomic E-state index is 12.5. The topological polar surface area (TPSA) is 32.3 Å². The molecule has 1 heterocycles. The van der Waals surface area contributed by atoms with Gasteiger partial charge in [0.1, 0.15) is 0 Å². The molecule has 100 valence electrons. The Morgan fingerprint density at radius 3 is 1.95 bits per heavy atom. The largest absolute Gasteiger partial charge is 0.311 e. The Bertz CT molecular complexity index is 627. The number of nitrogens with zero attached hydrogens (tertiary/aromatic N) is 1. The number of rotatable bonds is 2. The van der Waals surface area contributed by atoms with Crippen LogP contribution in [0, 0.1) is 0 Å². The number of nitrogens with one attached hydrogen (secondary N) is 1. The quantitative estimate of drug-likeness (QED) is 0.904. The summed E-state index contributed by atoms with van der Waals surface area (Å²) in [6.07, 6.45) is 4.11. The Balaban J connectivity index is 2.20. The number of amides is 1. The van der Waals surface area contributed by atoms with E-state index in [9.17, 15) is 4.79 Å². The first-order valence-electron chi connectivity index (χ1n) is 6.65. The molecule has 20 heavy (non-hydrogen) atoms. The lowest BCUT2D eigenvalue weighted by atomic mass is 10.1. The second-order valence-electron chi connectivity index (χ2n) is 4.71. The van der Waals surface area contributed by atoms with Gasteiger partial charge in [0.15, 0.2) is 0 Å². The molecule has 0 saturated carbocycles. The maximum absolute atomic E-state index is 12.5. The van der Waals surface area contributed by atoms with Gasteiger partial charge in [0.25, 0.3) is 0 Å². The summed E-state index contributed by atoms with van der Waals surface area (Å²) in [4.78, 5) is 14.3. The summed E-state index contributed by atoms with van der Waals surface area (Å²) in [6, 6.07) is 15.9. The molecule has 1 N–H and O–H groups in total. The van der Waals surface area contributed by atoms with Crippen molar-refractivity contribution in [2.75, 3.05) is 18.5 Å². The van der Waals surface area contributed by atoms with Gasteiger partial charge in [0.05, 0.1) is 17.9 Å². The van der Waals surface area contributed by atoms with Crippen molar-refractivity contribution < 1.29 is 4.79 Å². The van der Waals surface area contributed by atoms with E-state index in [4.69, 9.17) is 0 Å². The Morgan fingerprint density at radius 1 is 0.950 bits per heavy atom. The van der Waals surface area contributed by atoms with Gasteiger partial charge in [-0.2, -0.15) is 0 Å². The normalized spacial score (nSPS) is 12.6. The van der Waals surface area contributed by atoms with E-state index in [1.54, 1.807) is 11.9 Å². The highest BCUT2D eigenvalue weighted by Gasteiger charge is 2.22. The average molecular weight is 264 g/mol. The molecule has 3 nitrogen and oxygen atoms in total. The maximum Gasteiger partial charge on any atom is 0.245 e. The van der Waals surface area contributed by atoms with Crippen molar-refractivity contribution >= 4 is 29.4 Å². The van der Waals surface area contributed by atoms with Crippen molar-refractivity contribution in [3.05, 3.63) is 59.7 Å². The van der Waals surface area contributed by atoms with E-state index in [-0.39, 0.29) is 5.91 Å². The highest BCUT2D eigenvalue weighted by molar-refractivity contribution is 6.07. The van der Waals surface area contributed by atoms with Crippen LogP contribution >= 0.6 is 0 Å². The van der Waals surface area contributed by atoms with E-state index in [0.717, 1.165) is 22.5 Å². The molecule has 0 spiro atoms. The molecular weight excluding hydrogens is 248 g/mol. The van der Waals surface area contributed by atoms with Crippen LogP contribution < -0.4 is 10.2 Å². The fourth-order valence-corrected chi connectivity index (χ4v) is 2.47. The number of hydrogen-bond acceptors (Lipinski definition) is 2. The number of benzene rings is 2. The van der Waals surface area contributed by atoms with Crippen LogP contribution in [0.5, 0.6) is 0 Å². The number of fused-ring (bicyclic) bond motifs is 2. The Morgan fingerprint density at radius 2 is 1.45 bits per heavy atom. The van der Waals surface area contributed by atoms with Gasteiger partial charge in [-0.3, -0.25) is 9.69 Å². The first kappa shape index (κ1) is 12.6. The van der Waals surface area contributed by atoms with Crippen LogP contribution in [0.2, 0.25) is 0 Å². The highest BCUT2D eigenvalue weighted by atomic mass is 16.2. The second kappa shape index (κ2) is 5.31. The summed E-state index contributed by atoms with van der Waals surface area (Å²) in [5.74, 6) is 0.0381. The zero-order valence-electron chi connectivity index (χ0n) is 11.3. The summed E-state index contributed by atoms with van der Waals surface area (Å²) in [7, 11) is 1.78. The van der Waals surface area contributed by atoms with Gasteiger partial charge < -0.3 is 5.32 Å². The SMILES string of the molecule is CNCC(=O)N1c2ccccc2C=Cc2ccccc21. The van der Waals surface area contributed by atoms with Crippen LogP contribution in [-0.4, -0.2) is 19.5 Å². The van der Waals surface area contributed by atoms with Gasteiger partial charge in [-0.1, -0.05) is 48.6 Å². The number of carbonyl (C=O) groups excluding carboxylic acids is 1. The minimum absolute atomic E-state index is 0.0381. The summed E-state index contributed by atoms with van der Waals surface area (Å²) in [6.45, 7) is 0.308. The second-order valence-corrected chi connectivity index (χ2v) is 4.71. The Labute approximate surface area is 118 Å². The lowest BCUT2D eigenvalue weighted by molar-refractivity contribution is -0.117. The third-order valence-corrected chi connectivity index (χ3v) is 3.38. The van der Waals surface area contributed by atoms with Gasteiger partial charge >= 0.3 is 0 Å². The zero-order chi connectivity index (χ0) is 13.9. The zero-order valence-corrected chi connectivity index (χ0v) is 11.3. The molecule has 3 rings (SSSR count). The van der Waals surface area contributed by atoms with Crippen molar-refractivity contribution in [2.45, 2.75) is 0 Å². The molecular formula is C17H16N2O. The van der Waals surface area contributed by atoms with Gasteiger partial charge in [-0.05, 0) is 30.3 Å². The molecule has 0 radical (unpaired) electrons. The highest BCUT2D eigenvalue weighted by Crippen LogP contribution is 2.35. The molecule has 0 fully saturated rings. The molecule has 2 aromatic carbocycles. The van der Waals surface area contributed by atoms with Crippen LogP contribution in [0.4, 0.5) is 11.4 Å². The first-order valence-corrected chi connectivity index (χ1v) is 6.65. The molecule has 3 heteroatoms. The van der Waals surface area contributed by atoms with Crippen LogP contribution in [0.3, 0.4) is 0 Å². The molecule has 0 aliphatic carbocycles. The lowest BCUT2D eigenvalue weighted by Gasteiger charge is -2.24. The molecule has 2 aromatic rings. The summed E-state index contributed by atoms with van der Waals surface area (Å²) < 4.78 is 0. The van der Waals surface area contributed by atoms with Gasteiger partial charge in [0.2, 0.25) is 5.91 Å². The molecule has 0 saturated heterocycles. The van der Waals surface area contributed by atoms with E-state index < -0.39 is 0 Å². The number of hydrogen-bond donors (Lipinski definition) is 1. The van der Waals surface area contributed by atoms with E-state index >= 15 is 0 Å². The molecule has 1 amide bonds. The predicted octanol–water partition coefficient (Wildman–Crippen LogP) is 3.05. The summed E-state index contributed by atoms with van der Waals surface area (Å²) in [5, 5.41) is 2.94. The van der Waals surface area contributed by atoms with E-state index in [0.29, 0.717) is 6.54 Å². The number of likely N-dealkylation sites (N-methyl/N-ethyl adjacent to an activating group) is 1. The van der Waals surface area contributed by atoms with Crippen molar-refractivity contribution in [3.63, 3.8) is 0 Å². The monoisotopic (exact) mass is 264 g/mol. The fraction of sp³-hybridized carbons (Fsp3) is 0.118. The Kier molecular flexibility index (Phi) is 3.35. The predicted molar refractivity (Wildman–Crippen MR) is 82.9 cm³/mol. The van der Waals surface area contributed by atoms with Crippen molar-refractivity contribution in [1.29, 1.82) is 0 Å². The van der Waals surface area contributed by atoms with Crippen LogP contribution in [0.1, 0.15) is 11.1 Å². The average Bonchev–Trinajstić information content (AvgIpc) is 2.64. The number of carbonyl (C=O) groups is 1. The molecule has 0 aromatic heterocycles. The molecule has 0 bridgehead atoms. The van der Waals surface area contributed by atoms with E-state index in [1.807, 2.05) is 48.5 Å². The van der Waals surface area contributed by atoms with E-state index in [1.165, 1.54) is 0 Å². The number of para-hydroxylation sites is 2.